The van der Waals surface area contributed by atoms with E-state index in [0.717, 1.165) is 0 Å². The first-order chi connectivity index (χ1) is 7.61. The van der Waals surface area contributed by atoms with Crippen LogP contribution < -0.4 is 10.6 Å². The summed E-state index contributed by atoms with van der Waals surface area (Å²) < 4.78 is 4.60. The molecule has 0 aliphatic heterocycles. The molecule has 0 saturated carbocycles. The summed E-state index contributed by atoms with van der Waals surface area (Å²) in [6, 6.07) is -0.649. The minimum absolute atomic E-state index is 0.236. The second kappa shape index (κ2) is 5.72. The maximum atomic E-state index is 11.4. The van der Waals surface area contributed by atoms with Crippen LogP contribution in [0.25, 0.3) is 0 Å². The van der Waals surface area contributed by atoms with Crippen LogP contribution in [0, 0.1) is 0 Å². The Kier molecular flexibility index (Phi) is 4.57. The van der Waals surface area contributed by atoms with Gasteiger partial charge in [0.2, 0.25) is 0 Å². The summed E-state index contributed by atoms with van der Waals surface area (Å²) >= 11 is 6.85. The van der Waals surface area contributed by atoms with Crippen LogP contribution in [0.4, 0.5) is 10.5 Å². The predicted molar refractivity (Wildman–Crippen MR) is 63.3 cm³/mol. The Labute approximate surface area is 102 Å². The van der Waals surface area contributed by atoms with Crippen molar-refractivity contribution in [2.24, 2.45) is 5.73 Å². The van der Waals surface area contributed by atoms with Crippen molar-refractivity contribution < 1.29 is 14.3 Å². The van der Waals surface area contributed by atoms with Crippen molar-refractivity contribution in [2.45, 2.75) is 0 Å². The van der Waals surface area contributed by atoms with Crippen LogP contribution in [-0.2, 0) is 4.74 Å². The van der Waals surface area contributed by atoms with Gasteiger partial charge in [0.15, 0.2) is 0 Å². The number of amides is 2. The summed E-state index contributed by atoms with van der Waals surface area (Å²) in [4.78, 5) is 23.8. The largest absolute Gasteiger partial charge is 0.465 e. The summed E-state index contributed by atoms with van der Waals surface area (Å²) in [5.41, 5.74) is 5.96. The number of hydrogen-bond donors (Lipinski definition) is 1. The summed E-state index contributed by atoms with van der Waals surface area (Å²) in [5, 5.41) is 3.26. The van der Waals surface area contributed by atoms with Crippen molar-refractivity contribution in [1.29, 1.82) is 0 Å². The molecule has 1 aromatic heterocycles. The van der Waals surface area contributed by atoms with Gasteiger partial charge in [-0.05, 0) is 0 Å². The Balaban J connectivity index is 3.05. The highest BCUT2D eigenvalue weighted by atomic mass is 35.5. The predicted octanol–water partition coefficient (Wildman–Crippen LogP) is 1.66. The van der Waals surface area contributed by atoms with Crippen LogP contribution in [-0.4, -0.2) is 31.5 Å². The van der Waals surface area contributed by atoms with Gasteiger partial charge >= 0.3 is 12.0 Å². The fourth-order valence-corrected chi connectivity index (χ4v) is 2.17. The van der Waals surface area contributed by atoms with E-state index in [0.29, 0.717) is 11.3 Å². The Morgan fingerprint density at radius 2 is 2.25 bits per heavy atom. The first kappa shape index (κ1) is 12.8. The molecule has 1 rings (SSSR count). The molecule has 0 aliphatic carbocycles. The van der Waals surface area contributed by atoms with Gasteiger partial charge in [-0.25, -0.2) is 9.59 Å². The molecule has 0 spiro atoms. The van der Waals surface area contributed by atoms with Crippen molar-refractivity contribution in [3.63, 3.8) is 0 Å². The summed E-state index contributed by atoms with van der Waals surface area (Å²) in [6.07, 6.45) is 0. The van der Waals surface area contributed by atoms with Crippen LogP contribution in [0.5, 0.6) is 0 Å². The number of carbonyl (C=O) groups is 2. The average molecular weight is 263 g/mol. The maximum absolute atomic E-state index is 11.4. The number of esters is 1. The number of primary amides is 1. The zero-order chi connectivity index (χ0) is 12.1. The number of urea groups is 1. The lowest BCUT2D eigenvalue weighted by Gasteiger charge is -2.18. The molecule has 88 valence electrons. The number of nitrogens with zero attached hydrogens (tertiary/aromatic N) is 1. The number of carbonyl (C=O) groups excluding carboxylic acids is 2. The molecule has 16 heavy (non-hydrogen) atoms. The second-order valence-corrected chi connectivity index (χ2v) is 3.96. The SMILES string of the molecule is COC(=O)c1cscc1N(CCCl)C(N)=O. The fraction of sp³-hybridized carbons (Fsp3) is 0.333. The number of methoxy groups -OCH3 is 1. The van der Waals surface area contributed by atoms with Gasteiger partial charge in [-0.2, -0.15) is 0 Å². The van der Waals surface area contributed by atoms with Crippen LogP contribution in [0.1, 0.15) is 10.4 Å². The van der Waals surface area contributed by atoms with E-state index in [4.69, 9.17) is 17.3 Å². The molecule has 0 saturated heterocycles. The maximum Gasteiger partial charge on any atom is 0.340 e. The van der Waals surface area contributed by atoms with E-state index >= 15 is 0 Å². The van der Waals surface area contributed by atoms with E-state index in [2.05, 4.69) is 4.74 Å². The van der Waals surface area contributed by atoms with E-state index in [1.807, 2.05) is 0 Å². The molecular weight excluding hydrogens is 252 g/mol. The summed E-state index contributed by atoms with van der Waals surface area (Å²) in [7, 11) is 1.28. The molecule has 0 unspecified atom stereocenters. The van der Waals surface area contributed by atoms with Gasteiger partial charge in [-0.3, -0.25) is 4.90 Å². The van der Waals surface area contributed by atoms with E-state index in [1.54, 1.807) is 10.8 Å². The van der Waals surface area contributed by atoms with E-state index in [1.165, 1.54) is 23.3 Å². The quantitative estimate of drug-likeness (QED) is 0.662. The van der Waals surface area contributed by atoms with E-state index < -0.39 is 12.0 Å². The summed E-state index contributed by atoms with van der Waals surface area (Å²) in [5.74, 6) is -0.267. The first-order valence-corrected chi connectivity index (χ1v) is 5.87. The molecule has 0 radical (unpaired) electrons. The molecule has 0 atom stereocenters. The molecular formula is C9H11ClN2O3S. The van der Waals surface area contributed by atoms with Gasteiger partial charge < -0.3 is 10.5 Å². The second-order valence-electron chi connectivity index (χ2n) is 2.84. The highest BCUT2D eigenvalue weighted by molar-refractivity contribution is 7.08. The minimum Gasteiger partial charge on any atom is -0.465 e. The van der Waals surface area contributed by atoms with Crippen molar-refractivity contribution in [3.8, 4) is 0 Å². The lowest BCUT2D eigenvalue weighted by atomic mass is 10.2. The molecule has 0 aliphatic rings. The third-order valence-electron chi connectivity index (χ3n) is 1.91. The third-order valence-corrected chi connectivity index (χ3v) is 2.81. The van der Waals surface area contributed by atoms with Crippen LogP contribution in [0.3, 0.4) is 0 Å². The number of anilines is 1. The van der Waals surface area contributed by atoms with Gasteiger partial charge in [0, 0.05) is 23.2 Å². The summed E-state index contributed by atoms with van der Waals surface area (Å²) in [6.45, 7) is 0.248. The molecule has 5 nitrogen and oxygen atoms in total. The number of halogens is 1. The van der Waals surface area contributed by atoms with Crippen LogP contribution >= 0.6 is 22.9 Å². The molecule has 1 aromatic rings. The van der Waals surface area contributed by atoms with Gasteiger partial charge in [0.1, 0.15) is 0 Å². The third kappa shape index (κ3) is 2.65. The number of thiophene rings is 1. The van der Waals surface area contributed by atoms with Gasteiger partial charge in [0.05, 0.1) is 18.4 Å². The topological polar surface area (TPSA) is 72.6 Å². The average Bonchev–Trinajstić information content (AvgIpc) is 2.72. The van der Waals surface area contributed by atoms with Crippen molar-refractivity contribution in [3.05, 3.63) is 16.3 Å². The Bertz CT molecular complexity index is 394. The van der Waals surface area contributed by atoms with Crippen molar-refractivity contribution in [1.82, 2.24) is 0 Å². The Hall–Kier alpha value is -1.27. The smallest absolute Gasteiger partial charge is 0.340 e. The number of ether oxygens (including phenoxy) is 1. The lowest BCUT2D eigenvalue weighted by Crippen LogP contribution is -2.37. The molecule has 2 N–H and O–H groups in total. The molecule has 2 amide bonds. The monoisotopic (exact) mass is 262 g/mol. The Morgan fingerprint density at radius 3 is 2.75 bits per heavy atom. The van der Waals surface area contributed by atoms with Crippen LogP contribution in [0.2, 0.25) is 0 Å². The molecule has 0 bridgehead atoms. The highest BCUT2D eigenvalue weighted by Gasteiger charge is 2.21. The lowest BCUT2D eigenvalue weighted by molar-refractivity contribution is 0.0602. The number of hydrogen-bond acceptors (Lipinski definition) is 4. The van der Waals surface area contributed by atoms with Crippen molar-refractivity contribution in [2.75, 3.05) is 24.4 Å². The first-order valence-electron chi connectivity index (χ1n) is 4.39. The highest BCUT2D eigenvalue weighted by Crippen LogP contribution is 2.25. The standard InChI is InChI=1S/C9H11ClN2O3S/c1-15-8(13)6-4-16-5-7(6)12(3-2-10)9(11)14/h4-5H,2-3H2,1H3,(H2,11,14). The van der Waals surface area contributed by atoms with Gasteiger partial charge in [-0.15, -0.1) is 22.9 Å². The zero-order valence-electron chi connectivity index (χ0n) is 8.60. The molecule has 1 heterocycles. The fourth-order valence-electron chi connectivity index (χ4n) is 1.20. The van der Waals surface area contributed by atoms with Crippen LogP contribution in [0.15, 0.2) is 10.8 Å². The van der Waals surface area contributed by atoms with E-state index in [-0.39, 0.29) is 12.4 Å². The van der Waals surface area contributed by atoms with E-state index in [9.17, 15) is 9.59 Å². The number of alkyl halides is 1. The Morgan fingerprint density at radius 1 is 1.56 bits per heavy atom. The number of rotatable bonds is 4. The molecule has 7 heteroatoms. The van der Waals surface area contributed by atoms with Crippen molar-refractivity contribution >= 4 is 40.6 Å². The number of nitrogens with two attached hydrogens (primary N) is 1. The normalized spacial score (nSPS) is 9.88. The molecule has 0 aromatic carbocycles. The zero-order valence-corrected chi connectivity index (χ0v) is 10.2. The van der Waals surface area contributed by atoms with Gasteiger partial charge in [0.25, 0.3) is 0 Å². The molecule has 0 fully saturated rings. The van der Waals surface area contributed by atoms with Gasteiger partial charge in [-0.1, -0.05) is 0 Å². The minimum atomic E-state index is -0.649.